The summed E-state index contributed by atoms with van der Waals surface area (Å²) >= 11 is 4.42. The lowest BCUT2D eigenvalue weighted by atomic mass is 10.2. The Morgan fingerprint density at radius 3 is 2.70 bits per heavy atom. The molecule has 3 rings (SSSR count). The number of aromatic hydroxyl groups is 1. The number of aromatic amines is 1. The van der Waals surface area contributed by atoms with Crippen LogP contribution < -0.4 is 5.32 Å². The number of carbonyl (C=O) groups excluding carboxylic acids is 1. The van der Waals surface area contributed by atoms with E-state index < -0.39 is 6.43 Å². The van der Waals surface area contributed by atoms with Crippen molar-refractivity contribution in [2.75, 3.05) is 11.1 Å². The Morgan fingerprint density at radius 1 is 1.26 bits per heavy atom. The number of thioether (sulfide) groups is 1. The molecule has 0 atom stereocenters. The lowest BCUT2D eigenvalue weighted by Gasteiger charge is -2.05. The summed E-state index contributed by atoms with van der Waals surface area (Å²) in [5.74, 6) is 0.148. The van der Waals surface area contributed by atoms with Crippen molar-refractivity contribution < 1.29 is 18.7 Å². The van der Waals surface area contributed by atoms with Gasteiger partial charge in [0.1, 0.15) is 5.75 Å². The molecule has 0 aliphatic heterocycles. The van der Waals surface area contributed by atoms with Crippen molar-refractivity contribution in [3.8, 4) is 17.1 Å². The summed E-state index contributed by atoms with van der Waals surface area (Å²) in [5.41, 5.74) is 0.804. The zero-order valence-corrected chi connectivity index (χ0v) is 16.0. The minimum absolute atomic E-state index is 0.0400. The van der Waals surface area contributed by atoms with Crippen molar-refractivity contribution in [3.05, 3.63) is 52.5 Å². The van der Waals surface area contributed by atoms with Crippen molar-refractivity contribution >= 4 is 39.3 Å². The first kappa shape index (κ1) is 19.3. The molecule has 0 aliphatic rings. The Kier molecular flexibility index (Phi) is 6.07. The van der Waals surface area contributed by atoms with E-state index in [0.29, 0.717) is 22.2 Å². The number of amides is 1. The Balaban J connectivity index is 1.58. The molecule has 140 valence electrons. The van der Waals surface area contributed by atoms with Gasteiger partial charge in [-0.2, -0.15) is 0 Å². The van der Waals surface area contributed by atoms with Gasteiger partial charge in [0.15, 0.2) is 5.82 Å². The second-order valence-electron chi connectivity index (χ2n) is 5.39. The second kappa shape index (κ2) is 8.49. The van der Waals surface area contributed by atoms with Crippen LogP contribution in [0.15, 0.2) is 52.1 Å². The number of benzene rings is 2. The second-order valence-corrected chi connectivity index (χ2v) is 7.25. The number of hydrogen-bond acceptors (Lipinski definition) is 5. The van der Waals surface area contributed by atoms with Crippen LogP contribution in [0.25, 0.3) is 11.4 Å². The summed E-state index contributed by atoms with van der Waals surface area (Å²) in [6, 6.07) is 10.3. The molecule has 3 aromatic rings. The van der Waals surface area contributed by atoms with Gasteiger partial charge in [-0.3, -0.25) is 9.89 Å². The highest BCUT2D eigenvalue weighted by Gasteiger charge is 2.13. The summed E-state index contributed by atoms with van der Waals surface area (Å²) < 4.78 is 25.8. The summed E-state index contributed by atoms with van der Waals surface area (Å²) in [6.07, 6.45) is -2.55. The molecule has 1 aromatic heterocycles. The molecular weight excluding hydrogens is 442 g/mol. The molecule has 0 saturated carbocycles. The van der Waals surface area contributed by atoms with Gasteiger partial charge in [-0.25, -0.2) is 13.8 Å². The third-order valence-corrected chi connectivity index (χ3v) is 4.80. The van der Waals surface area contributed by atoms with E-state index in [0.717, 1.165) is 16.2 Å². The van der Waals surface area contributed by atoms with Crippen LogP contribution in [0.2, 0.25) is 0 Å². The molecule has 0 unspecified atom stereocenters. The van der Waals surface area contributed by atoms with Crippen LogP contribution >= 0.6 is 27.7 Å². The maximum absolute atomic E-state index is 12.5. The van der Waals surface area contributed by atoms with Crippen molar-refractivity contribution in [2.45, 2.75) is 11.6 Å². The predicted octanol–water partition coefficient (Wildman–Crippen LogP) is 4.61. The summed E-state index contributed by atoms with van der Waals surface area (Å²) in [4.78, 5) is 16.2. The van der Waals surface area contributed by atoms with Gasteiger partial charge < -0.3 is 10.4 Å². The predicted molar refractivity (Wildman–Crippen MR) is 102 cm³/mol. The fourth-order valence-corrected chi connectivity index (χ4v) is 3.13. The molecule has 10 heteroatoms. The number of halogens is 3. The molecule has 0 spiro atoms. The highest BCUT2D eigenvalue weighted by molar-refractivity contribution is 9.10. The lowest BCUT2D eigenvalue weighted by Crippen LogP contribution is -2.14. The largest absolute Gasteiger partial charge is 0.507 e. The van der Waals surface area contributed by atoms with E-state index in [9.17, 15) is 18.7 Å². The fourth-order valence-electron chi connectivity index (χ4n) is 2.17. The summed E-state index contributed by atoms with van der Waals surface area (Å²) in [5, 5.41) is 19.6. The van der Waals surface area contributed by atoms with Crippen LogP contribution in [0, 0.1) is 0 Å². The normalized spacial score (nSPS) is 11.0. The number of nitrogens with one attached hydrogen (secondary N) is 2. The third kappa shape index (κ3) is 5.04. The van der Waals surface area contributed by atoms with Gasteiger partial charge in [-0.1, -0.05) is 39.8 Å². The van der Waals surface area contributed by atoms with E-state index in [1.165, 1.54) is 30.3 Å². The molecule has 6 nitrogen and oxygen atoms in total. The van der Waals surface area contributed by atoms with E-state index in [2.05, 4.69) is 36.4 Å². The first-order valence-corrected chi connectivity index (χ1v) is 9.42. The van der Waals surface area contributed by atoms with Crippen LogP contribution in [0.5, 0.6) is 5.75 Å². The van der Waals surface area contributed by atoms with Gasteiger partial charge in [-0.05, 0) is 30.3 Å². The molecule has 0 fully saturated rings. The Hall–Kier alpha value is -2.46. The van der Waals surface area contributed by atoms with Crippen LogP contribution in [0.1, 0.15) is 12.0 Å². The third-order valence-electron chi connectivity index (χ3n) is 3.46. The van der Waals surface area contributed by atoms with Crippen LogP contribution in [0.4, 0.5) is 14.5 Å². The first-order chi connectivity index (χ1) is 12.9. The summed E-state index contributed by atoms with van der Waals surface area (Å²) in [6.45, 7) is 0. The average molecular weight is 455 g/mol. The van der Waals surface area contributed by atoms with E-state index in [4.69, 9.17) is 0 Å². The number of aromatic nitrogens is 3. The number of hydrogen-bond donors (Lipinski definition) is 3. The number of phenolic OH excluding ortho intramolecular Hbond substituents is 1. The van der Waals surface area contributed by atoms with E-state index >= 15 is 0 Å². The van der Waals surface area contributed by atoms with E-state index in [1.54, 1.807) is 12.1 Å². The number of H-pyrrole nitrogens is 1. The van der Waals surface area contributed by atoms with Gasteiger partial charge in [-0.15, -0.1) is 5.10 Å². The Labute approximate surface area is 165 Å². The molecular formula is C17H13BrF2N4O2S. The lowest BCUT2D eigenvalue weighted by molar-refractivity contribution is -0.113. The van der Waals surface area contributed by atoms with Crippen LogP contribution in [-0.2, 0) is 4.79 Å². The quantitative estimate of drug-likeness (QED) is 0.473. The zero-order chi connectivity index (χ0) is 19.4. The van der Waals surface area contributed by atoms with Gasteiger partial charge >= 0.3 is 0 Å². The Morgan fingerprint density at radius 2 is 2.00 bits per heavy atom. The molecule has 3 N–H and O–H groups in total. The van der Waals surface area contributed by atoms with Crippen molar-refractivity contribution in [1.29, 1.82) is 0 Å². The maximum Gasteiger partial charge on any atom is 0.263 e. The number of carbonyl (C=O) groups is 1. The minimum Gasteiger partial charge on any atom is -0.507 e. The monoisotopic (exact) mass is 454 g/mol. The topological polar surface area (TPSA) is 90.9 Å². The smallest absolute Gasteiger partial charge is 0.263 e. The summed E-state index contributed by atoms with van der Waals surface area (Å²) in [7, 11) is 0. The first-order valence-electron chi connectivity index (χ1n) is 7.64. The minimum atomic E-state index is -2.55. The van der Waals surface area contributed by atoms with Gasteiger partial charge in [0, 0.05) is 15.7 Å². The zero-order valence-electron chi connectivity index (χ0n) is 13.6. The molecule has 0 bridgehead atoms. The maximum atomic E-state index is 12.5. The van der Waals surface area contributed by atoms with Crippen molar-refractivity contribution in [1.82, 2.24) is 15.2 Å². The van der Waals surface area contributed by atoms with E-state index in [1.807, 2.05) is 0 Å². The molecule has 1 heterocycles. The standard InChI is InChI=1S/C17H13BrF2N4O2S/c18-10-3-6-13(25)12(7-10)16-22-17(24-23-16)27-8-14(26)21-11-4-1-9(2-5-11)15(19)20/h1-7,15,25H,8H2,(H,21,26)(H,22,23,24). The van der Waals surface area contributed by atoms with Crippen molar-refractivity contribution in [3.63, 3.8) is 0 Å². The molecule has 2 aromatic carbocycles. The van der Waals surface area contributed by atoms with E-state index in [-0.39, 0.29) is 23.0 Å². The highest BCUT2D eigenvalue weighted by atomic mass is 79.9. The molecule has 1 amide bonds. The van der Waals surface area contributed by atoms with Crippen molar-refractivity contribution in [2.24, 2.45) is 0 Å². The number of rotatable bonds is 6. The molecule has 0 saturated heterocycles. The number of phenols is 1. The SMILES string of the molecule is O=C(CSc1n[nH]c(-c2cc(Br)ccc2O)n1)Nc1ccc(C(F)F)cc1. The fraction of sp³-hybridized carbons (Fsp3) is 0.118. The number of nitrogens with zero attached hydrogens (tertiary/aromatic N) is 2. The Bertz CT molecular complexity index is 950. The number of anilines is 1. The van der Waals surface area contributed by atoms with Gasteiger partial charge in [0.05, 0.1) is 11.3 Å². The van der Waals surface area contributed by atoms with Crippen LogP contribution in [-0.4, -0.2) is 31.9 Å². The number of alkyl halides is 2. The van der Waals surface area contributed by atoms with Crippen LogP contribution in [0.3, 0.4) is 0 Å². The van der Waals surface area contributed by atoms with Gasteiger partial charge in [0.25, 0.3) is 6.43 Å². The molecule has 27 heavy (non-hydrogen) atoms. The average Bonchev–Trinajstić information content (AvgIpc) is 3.11. The van der Waals surface area contributed by atoms with Gasteiger partial charge in [0.2, 0.25) is 11.1 Å². The molecule has 0 radical (unpaired) electrons. The molecule has 0 aliphatic carbocycles. The highest BCUT2D eigenvalue weighted by Crippen LogP contribution is 2.30.